The zero-order valence-electron chi connectivity index (χ0n) is 21.1. The summed E-state index contributed by atoms with van der Waals surface area (Å²) in [5, 5.41) is 3.88. The van der Waals surface area contributed by atoms with Gasteiger partial charge in [-0.15, -0.1) is 0 Å². The average molecular weight is 492 g/mol. The lowest BCUT2D eigenvalue weighted by Gasteiger charge is -2.46. The quantitative estimate of drug-likeness (QED) is 0.353. The van der Waals surface area contributed by atoms with Crippen LogP contribution < -0.4 is 5.32 Å². The third-order valence-corrected chi connectivity index (χ3v) is 11.3. The first kappa shape index (κ1) is 22.0. The molecule has 36 heavy (non-hydrogen) atoms. The standard InChI is InChI=1S/C34H37NS/c36-19-33-25-4-2-1-3-20(25)9-12-27(33)23-11-14-28-31(16-23)32-18-35-34(28)17-30(32)24-10-13-26-21-5-7-22(8-6-21)29(26)15-24/h1-4,10-11,13-16,21-22,27,30,32-36H,5-9,12,17-19H2. The van der Waals surface area contributed by atoms with Crippen LogP contribution in [0.25, 0.3) is 0 Å². The third-order valence-electron chi connectivity index (χ3n) is 10.9. The highest BCUT2D eigenvalue weighted by Gasteiger charge is 2.42. The van der Waals surface area contributed by atoms with Gasteiger partial charge in [0.1, 0.15) is 0 Å². The van der Waals surface area contributed by atoms with E-state index in [2.05, 4.69) is 66.0 Å². The maximum absolute atomic E-state index is 4.85. The highest BCUT2D eigenvalue weighted by Crippen LogP contribution is 2.54. The van der Waals surface area contributed by atoms with Gasteiger partial charge in [0.2, 0.25) is 0 Å². The van der Waals surface area contributed by atoms with E-state index < -0.39 is 0 Å². The summed E-state index contributed by atoms with van der Waals surface area (Å²) in [6.07, 6.45) is 9.36. The van der Waals surface area contributed by atoms with Crippen LogP contribution in [-0.2, 0) is 6.42 Å². The van der Waals surface area contributed by atoms with Crippen LogP contribution in [0.5, 0.6) is 0 Å². The summed E-state index contributed by atoms with van der Waals surface area (Å²) in [6, 6.07) is 24.9. The molecule has 7 aliphatic rings. The van der Waals surface area contributed by atoms with E-state index in [-0.39, 0.29) is 0 Å². The van der Waals surface area contributed by atoms with Crippen molar-refractivity contribution in [3.8, 4) is 0 Å². The Morgan fingerprint density at radius 3 is 2.22 bits per heavy atom. The second kappa shape index (κ2) is 8.50. The largest absolute Gasteiger partial charge is 0.309 e. The van der Waals surface area contributed by atoms with Crippen LogP contribution in [0.15, 0.2) is 60.7 Å². The molecule has 1 N–H and O–H groups in total. The van der Waals surface area contributed by atoms with Crippen molar-refractivity contribution in [3.63, 3.8) is 0 Å². The van der Waals surface area contributed by atoms with E-state index in [9.17, 15) is 0 Å². The molecule has 0 aromatic heterocycles. The van der Waals surface area contributed by atoms with Gasteiger partial charge >= 0.3 is 0 Å². The first-order valence-corrected chi connectivity index (χ1v) is 15.1. The summed E-state index contributed by atoms with van der Waals surface area (Å²) in [5.74, 6) is 4.93. The minimum Gasteiger partial charge on any atom is -0.309 e. The third kappa shape index (κ3) is 3.26. The first-order valence-electron chi connectivity index (χ1n) is 14.5. The molecule has 5 aliphatic carbocycles. The molecule has 0 spiro atoms. The lowest BCUT2D eigenvalue weighted by atomic mass is 9.63. The molecule has 5 unspecified atom stereocenters. The zero-order chi connectivity index (χ0) is 23.8. The molecule has 0 radical (unpaired) electrons. The predicted molar refractivity (Wildman–Crippen MR) is 152 cm³/mol. The maximum Gasteiger partial charge on any atom is 0.0329 e. The van der Waals surface area contributed by atoms with Crippen molar-refractivity contribution in [2.75, 3.05) is 12.3 Å². The summed E-state index contributed by atoms with van der Waals surface area (Å²) >= 11 is 4.85. The van der Waals surface area contributed by atoms with E-state index in [0.29, 0.717) is 29.7 Å². The molecule has 184 valence electrons. The topological polar surface area (TPSA) is 12.0 Å². The van der Waals surface area contributed by atoms with Gasteiger partial charge in [0.05, 0.1) is 0 Å². The zero-order valence-corrected chi connectivity index (χ0v) is 22.0. The van der Waals surface area contributed by atoms with Crippen LogP contribution in [0, 0.1) is 0 Å². The Hall–Kier alpha value is -2.03. The minimum atomic E-state index is 0.504. The average Bonchev–Trinajstić information content (AvgIpc) is 2.97. The van der Waals surface area contributed by atoms with Gasteiger partial charge in [0.15, 0.2) is 0 Å². The van der Waals surface area contributed by atoms with Crippen molar-refractivity contribution in [2.45, 2.75) is 86.5 Å². The molecule has 3 aromatic carbocycles. The summed E-state index contributed by atoms with van der Waals surface area (Å²) in [4.78, 5) is 0. The smallest absolute Gasteiger partial charge is 0.0329 e. The monoisotopic (exact) mass is 491 g/mol. The van der Waals surface area contributed by atoms with Crippen LogP contribution in [0.3, 0.4) is 0 Å². The molecule has 2 fully saturated rings. The first-order chi connectivity index (χ1) is 17.8. The molecule has 1 saturated carbocycles. The van der Waals surface area contributed by atoms with Crippen molar-refractivity contribution in [2.24, 2.45) is 0 Å². The minimum absolute atomic E-state index is 0.504. The number of piperidine rings is 1. The summed E-state index contributed by atoms with van der Waals surface area (Å²) in [7, 11) is 0. The van der Waals surface area contributed by atoms with Crippen LogP contribution in [-0.4, -0.2) is 12.3 Å². The van der Waals surface area contributed by atoms with Crippen LogP contribution in [0.4, 0.5) is 0 Å². The molecule has 4 bridgehead atoms. The van der Waals surface area contributed by atoms with E-state index in [4.69, 9.17) is 12.6 Å². The van der Waals surface area contributed by atoms with Crippen LogP contribution >= 0.6 is 12.6 Å². The SMILES string of the molecule is SCC1c2ccccc2CCC1c1ccc2c(c1)C1CNC2CC1c1ccc2c(c1)C1CCC2CC1. The summed E-state index contributed by atoms with van der Waals surface area (Å²) in [5.41, 5.74) is 12.9. The molecule has 3 aromatic rings. The van der Waals surface area contributed by atoms with Crippen molar-refractivity contribution in [1.29, 1.82) is 0 Å². The molecular formula is C34H37NS. The fraction of sp³-hybridized carbons (Fsp3) is 0.471. The van der Waals surface area contributed by atoms with Gasteiger partial charge in [-0.3, -0.25) is 0 Å². The molecule has 10 rings (SSSR count). The second-order valence-electron chi connectivity index (χ2n) is 12.4. The highest BCUT2D eigenvalue weighted by atomic mass is 32.1. The Kier molecular flexibility index (Phi) is 5.19. The van der Waals surface area contributed by atoms with Gasteiger partial charge in [-0.05, 0) is 125 Å². The predicted octanol–water partition coefficient (Wildman–Crippen LogP) is 8.10. The number of thiol groups is 1. The number of rotatable bonds is 3. The van der Waals surface area contributed by atoms with E-state index in [0.717, 1.165) is 24.1 Å². The molecule has 0 amide bonds. The van der Waals surface area contributed by atoms with E-state index >= 15 is 0 Å². The Balaban J connectivity index is 1.15. The molecule has 2 aliphatic heterocycles. The van der Waals surface area contributed by atoms with Crippen molar-refractivity contribution >= 4 is 12.6 Å². The number of hydrogen-bond acceptors (Lipinski definition) is 2. The molecular weight excluding hydrogens is 454 g/mol. The molecule has 2 heteroatoms. The fourth-order valence-corrected chi connectivity index (χ4v) is 9.50. The number of hydrogen-bond donors (Lipinski definition) is 2. The number of nitrogens with one attached hydrogen (secondary N) is 1. The highest BCUT2D eigenvalue weighted by molar-refractivity contribution is 7.80. The fourth-order valence-electron chi connectivity index (χ4n) is 9.05. The maximum atomic E-state index is 4.85. The molecule has 5 atom stereocenters. The molecule has 2 heterocycles. The van der Waals surface area contributed by atoms with Gasteiger partial charge in [0, 0.05) is 18.5 Å². The van der Waals surface area contributed by atoms with E-state index in [1.807, 2.05) is 0 Å². The Bertz CT molecular complexity index is 1320. The summed E-state index contributed by atoms with van der Waals surface area (Å²) in [6.45, 7) is 1.12. The van der Waals surface area contributed by atoms with Crippen LogP contribution in [0.2, 0.25) is 0 Å². The lowest BCUT2D eigenvalue weighted by Crippen LogP contribution is -2.42. The molecule has 1 nitrogen and oxygen atoms in total. The number of fused-ring (bicyclic) bond motifs is 5. The van der Waals surface area contributed by atoms with Gasteiger partial charge < -0.3 is 5.32 Å². The Labute approximate surface area is 221 Å². The van der Waals surface area contributed by atoms with Crippen molar-refractivity contribution in [3.05, 3.63) is 105 Å². The van der Waals surface area contributed by atoms with Crippen molar-refractivity contribution < 1.29 is 0 Å². The normalized spacial score (nSPS) is 33.6. The van der Waals surface area contributed by atoms with Gasteiger partial charge in [-0.25, -0.2) is 0 Å². The second-order valence-corrected chi connectivity index (χ2v) is 12.7. The lowest BCUT2D eigenvalue weighted by molar-refractivity contribution is 0.295. The molecule has 1 saturated heterocycles. The van der Waals surface area contributed by atoms with Crippen LogP contribution in [0.1, 0.15) is 125 Å². The van der Waals surface area contributed by atoms with Gasteiger partial charge in [-0.2, -0.15) is 12.6 Å². The number of aryl methyl sites for hydroxylation is 1. The van der Waals surface area contributed by atoms with Gasteiger partial charge in [0.25, 0.3) is 0 Å². The Morgan fingerprint density at radius 2 is 1.39 bits per heavy atom. The summed E-state index contributed by atoms with van der Waals surface area (Å²) < 4.78 is 0. The number of benzene rings is 3. The van der Waals surface area contributed by atoms with E-state index in [1.54, 1.807) is 33.4 Å². The van der Waals surface area contributed by atoms with Gasteiger partial charge in [-0.1, -0.05) is 60.7 Å². The Morgan fingerprint density at radius 1 is 0.667 bits per heavy atom. The van der Waals surface area contributed by atoms with Crippen molar-refractivity contribution in [1.82, 2.24) is 5.32 Å². The van der Waals surface area contributed by atoms with E-state index in [1.165, 1.54) is 56.1 Å².